The van der Waals surface area contributed by atoms with Gasteiger partial charge in [0.05, 0.1) is 26.4 Å². The summed E-state index contributed by atoms with van der Waals surface area (Å²) in [6.45, 7) is 4.20. The first-order chi connectivity index (χ1) is 17.8. The summed E-state index contributed by atoms with van der Waals surface area (Å²) in [7, 11) is 4.52. The number of hydrogen-bond donors (Lipinski definition) is 1. The molecule has 1 amide bonds. The molecule has 0 bridgehead atoms. The lowest BCUT2D eigenvalue weighted by atomic mass is 10.1. The summed E-state index contributed by atoms with van der Waals surface area (Å²) in [5, 5.41) is 2.73. The molecule has 3 rings (SSSR count). The fraction of sp³-hybridized carbons (Fsp3) is 0.321. The number of carbonyl (C=O) groups excluding carboxylic acids is 2. The van der Waals surface area contributed by atoms with E-state index in [1.54, 1.807) is 32.4 Å². The lowest BCUT2D eigenvalue weighted by Crippen LogP contribution is -2.20. The maximum atomic E-state index is 13.1. The van der Waals surface area contributed by atoms with Crippen LogP contribution in [-0.2, 0) is 15.9 Å². The third-order valence-corrected chi connectivity index (χ3v) is 5.34. The molecule has 1 aromatic heterocycles. The Morgan fingerprint density at radius 2 is 1.59 bits per heavy atom. The Balaban J connectivity index is 1.80. The Hall–Kier alpha value is -4.11. The summed E-state index contributed by atoms with van der Waals surface area (Å²) in [6, 6.07) is 15.8. The van der Waals surface area contributed by atoms with Gasteiger partial charge in [-0.05, 0) is 49.7 Å². The Morgan fingerprint density at radius 1 is 0.892 bits per heavy atom. The molecule has 0 spiro atoms. The van der Waals surface area contributed by atoms with Crippen molar-refractivity contribution in [2.45, 2.75) is 32.5 Å². The van der Waals surface area contributed by atoms with E-state index in [-0.39, 0.29) is 23.6 Å². The number of anilines is 1. The van der Waals surface area contributed by atoms with Crippen LogP contribution in [0.1, 0.15) is 40.1 Å². The monoisotopic (exact) mass is 508 g/mol. The molecule has 9 heteroatoms. The Morgan fingerprint density at radius 3 is 2.22 bits per heavy atom. The quantitative estimate of drug-likeness (QED) is 0.355. The number of benzene rings is 2. The molecule has 0 aliphatic carbocycles. The van der Waals surface area contributed by atoms with Crippen LogP contribution in [0.25, 0.3) is 0 Å². The Kier molecular flexibility index (Phi) is 9.85. The number of pyridine rings is 1. The van der Waals surface area contributed by atoms with Gasteiger partial charge in [0.25, 0.3) is 5.91 Å². The predicted octanol–water partition coefficient (Wildman–Crippen LogP) is 4.55. The van der Waals surface area contributed by atoms with Crippen LogP contribution >= 0.6 is 0 Å². The van der Waals surface area contributed by atoms with E-state index in [1.807, 2.05) is 38.1 Å². The van der Waals surface area contributed by atoms with Crippen LogP contribution in [0.3, 0.4) is 0 Å². The number of methoxy groups -OCH3 is 3. The summed E-state index contributed by atoms with van der Waals surface area (Å²) in [5.74, 6) is 1.09. The molecule has 0 saturated heterocycles. The Bertz CT molecular complexity index is 1200. The van der Waals surface area contributed by atoms with E-state index in [9.17, 15) is 9.59 Å². The minimum absolute atomic E-state index is 0.216. The summed E-state index contributed by atoms with van der Waals surface area (Å²) in [6.07, 6.45) is 1.48. The molecule has 1 N–H and O–H groups in total. The van der Waals surface area contributed by atoms with Gasteiger partial charge in [0.2, 0.25) is 0 Å². The number of rotatable bonds is 12. The van der Waals surface area contributed by atoms with Crippen molar-refractivity contribution >= 4 is 17.7 Å². The highest BCUT2D eigenvalue weighted by Gasteiger charge is 2.16. The second-order valence-electron chi connectivity index (χ2n) is 8.40. The molecule has 2 atom stereocenters. The summed E-state index contributed by atoms with van der Waals surface area (Å²) in [4.78, 5) is 28.8. The number of aromatic nitrogens is 1. The second kappa shape index (κ2) is 13.3. The number of ether oxygens (including phenoxy) is 5. The first kappa shape index (κ1) is 27.5. The van der Waals surface area contributed by atoms with Crippen LogP contribution in [0, 0.1) is 0 Å². The number of hydrogen-bond acceptors (Lipinski definition) is 8. The Labute approximate surface area is 216 Å². The fourth-order valence-corrected chi connectivity index (χ4v) is 3.69. The van der Waals surface area contributed by atoms with Crippen molar-refractivity contribution < 1.29 is 33.3 Å². The maximum absolute atomic E-state index is 13.1. The largest absolute Gasteiger partial charge is 0.496 e. The molecular weight excluding hydrogens is 476 g/mol. The molecule has 9 nitrogen and oxygen atoms in total. The third-order valence-electron chi connectivity index (χ3n) is 5.34. The lowest BCUT2D eigenvalue weighted by Gasteiger charge is -2.19. The van der Waals surface area contributed by atoms with Gasteiger partial charge in [0.1, 0.15) is 35.3 Å². The van der Waals surface area contributed by atoms with Gasteiger partial charge in [-0.2, -0.15) is 0 Å². The molecule has 3 aromatic rings. The zero-order chi connectivity index (χ0) is 26.8. The van der Waals surface area contributed by atoms with Crippen LogP contribution in [0.2, 0.25) is 0 Å². The summed E-state index contributed by atoms with van der Waals surface area (Å²) >= 11 is 0. The topological polar surface area (TPSA) is 105 Å². The smallest absolute Gasteiger partial charge is 0.339 e. The lowest BCUT2D eigenvalue weighted by molar-refractivity contribution is 0.0600. The molecule has 1 heterocycles. The van der Waals surface area contributed by atoms with Crippen LogP contribution < -0.4 is 19.5 Å². The molecule has 196 valence electrons. The van der Waals surface area contributed by atoms with E-state index in [0.29, 0.717) is 30.1 Å². The minimum Gasteiger partial charge on any atom is -0.496 e. The maximum Gasteiger partial charge on any atom is 0.339 e. The van der Waals surface area contributed by atoms with Crippen molar-refractivity contribution in [3.05, 3.63) is 77.5 Å². The molecule has 2 aromatic carbocycles. The second-order valence-corrected chi connectivity index (χ2v) is 8.40. The number of para-hydroxylation sites is 1. The molecule has 0 aliphatic rings. The number of esters is 1. The van der Waals surface area contributed by atoms with E-state index >= 15 is 0 Å². The minimum atomic E-state index is -0.510. The number of nitrogens with zero attached hydrogens (tertiary/aromatic N) is 1. The zero-order valence-corrected chi connectivity index (χ0v) is 21.6. The van der Waals surface area contributed by atoms with Crippen molar-refractivity contribution in [2.75, 3.05) is 33.3 Å². The van der Waals surface area contributed by atoms with Crippen LogP contribution in [0.4, 0.5) is 5.82 Å². The molecular formula is C28H32N2O7. The third kappa shape index (κ3) is 7.94. The van der Waals surface area contributed by atoms with Crippen molar-refractivity contribution in [1.82, 2.24) is 4.98 Å². The predicted molar refractivity (Wildman–Crippen MR) is 139 cm³/mol. The average molecular weight is 509 g/mol. The van der Waals surface area contributed by atoms with Gasteiger partial charge in [0.15, 0.2) is 0 Å². The van der Waals surface area contributed by atoms with Gasteiger partial charge in [-0.25, -0.2) is 9.78 Å². The summed E-state index contributed by atoms with van der Waals surface area (Å²) in [5.41, 5.74) is 1.61. The van der Waals surface area contributed by atoms with Gasteiger partial charge >= 0.3 is 5.97 Å². The first-order valence-electron chi connectivity index (χ1n) is 11.8. The van der Waals surface area contributed by atoms with Gasteiger partial charge in [-0.15, -0.1) is 0 Å². The van der Waals surface area contributed by atoms with E-state index < -0.39 is 11.9 Å². The zero-order valence-electron chi connectivity index (χ0n) is 21.6. The van der Waals surface area contributed by atoms with Crippen LogP contribution in [-0.4, -0.2) is 57.0 Å². The van der Waals surface area contributed by atoms with Gasteiger partial charge < -0.3 is 29.0 Å². The molecule has 0 radical (unpaired) electrons. The normalized spacial score (nSPS) is 12.2. The van der Waals surface area contributed by atoms with Gasteiger partial charge in [-0.3, -0.25) is 4.79 Å². The van der Waals surface area contributed by atoms with Crippen molar-refractivity contribution in [1.29, 1.82) is 0 Å². The van der Waals surface area contributed by atoms with Gasteiger partial charge in [-0.1, -0.05) is 18.2 Å². The van der Waals surface area contributed by atoms with Crippen molar-refractivity contribution in [2.24, 2.45) is 0 Å². The highest BCUT2D eigenvalue weighted by molar-refractivity contribution is 6.04. The van der Waals surface area contributed by atoms with Crippen molar-refractivity contribution in [3.8, 4) is 17.2 Å². The molecule has 0 fully saturated rings. The molecule has 0 saturated carbocycles. The van der Waals surface area contributed by atoms with Crippen molar-refractivity contribution in [3.63, 3.8) is 0 Å². The number of amides is 1. The molecule has 0 aliphatic heterocycles. The van der Waals surface area contributed by atoms with E-state index in [2.05, 4.69) is 15.0 Å². The first-order valence-corrected chi connectivity index (χ1v) is 11.8. The average Bonchev–Trinajstić information content (AvgIpc) is 2.88. The molecule has 37 heavy (non-hydrogen) atoms. The standard InChI is InChI=1S/C28H32N2O7/c1-18(12-20-8-6-7-9-25(20)34-4)36-23-13-22(14-24(15-23)37-19(2)17-33-3)27(31)30-26-11-10-21(16-29-26)28(32)35-5/h6-11,13-16,18-19H,12,17H2,1-5H3,(H,29,30,31)/t18-,19-/m0/s1. The van der Waals surface area contributed by atoms with Gasteiger partial charge in [0, 0.05) is 31.4 Å². The number of carbonyl (C=O) groups is 2. The van der Waals surface area contributed by atoms with E-state index in [0.717, 1.165) is 11.3 Å². The van der Waals surface area contributed by atoms with Crippen LogP contribution in [0.5, 0.6) is 17.2 Å². The fourth-order valence-electron chi connectivity index (χ4n) is 3.69. The molecule has 0 unspecified atom stereocenters. The van der Waals surface area contributed by atoms with E-state index in [4.69, 9.17) is 18.9 Å². The SMILES string of the molecule is COC[C@H](C)Oc1cc(O[C@@H](C)Cc2ccccc2OC)cc(C(=O)Nc2ccc(C(=O)OC)cn2)c1. The van der Waals surface area contributed by atoms with E-state index in [1.165, 1.54) is 25.4 Å². The highest BCUT2D eigenvalue weighted by Crippen LogP contribution is 2.27. The van der Waals surface area contributed by atoms with Crippen LogP contribution in [0.15, 0.2) is 60.8 Å². The summed E-state index contributed by atoms with van der Waals surface area (Å²) < 4.78 is 27.4. The number of nitrogens with one attached hydrogen (secondary N) is 1. The highest BCUT2D eigenvalue weighted by atomic mass is 16.5.